The molecule has 2 aromatic carbocycles. The fraction of sp³-hybridized carbons (Fsp3) is 0.273. The number of para-hydroxylation sites is 1. The molecule has 0 saturated carbocycles. The van der Waals surface area contributed by atoms with Crippen LogP contribution in [0.3, 0.4) is 0 Å². The molecule has 4 nitrogen and oxygen atoms in total. The zero-order valence-electron chi connectivity index (χ0n) is 15.0. The van der Waals surface area contributed by atoms with E-state index in [1.165, 1.54) is 35.7 Å². The lowest BCUT2D eigenvalue weighted by molar-refractivity contribution is -0.459. The number of benzene rings is 2. The van der Waals surface area contributed by atoms with Gasteiger partial charge in [-0.05, 0) is 30.9 Å². The van der Waals surface area contributed by atoms with Gasteiger partial charge >= 0.3 is 0 Å². The highest BCUT2D eigenvalue weighted by atomic mass is 15.3. The van der Waals surface area contributed by atoms with Gasteiger partial charge in [-0.1, -0.05) is 53.6 Å². The van der Waals surface area contributed by atoms with Crippen molar-refractivity contribution in [1.82, 2.24) is 9.99 Å². The van der Waals surface area contributed by atoms with Gasteiger partial charge in [0.25, 0.3) is 5.84 Å². The van der Waals surface area contributed by atoms with E-state index in [-0.39, 0.29) is 0 Å². The van der Waals surface area contributed by atoms with E-state index in [0.717, 1.165) is 30.9 Å². The lowest BCUT2D eigenvalue weighted by atomic mass is 10.2. The predicted molar refractivity (Wildman–Crippen MR) is 108 cm³/mol. The van der Waals surface area contributed by atoms with E-state index in [4.69, 9.17) is 0 Å². The van der Waals surface area contributed by atoms with Crippen LogP contribution in [0.1, 0.15) is 36.8 Å². The molecule has 1 aliphatic heterocycles. The van der Waals surface area contributed by atoms with Crippen molar-refractivity contribution in [3.8, 4) is 0 Å². The summed E-state index contributed by atoms with van der Waals surface area (Å²) < 4.78 is 2.29. The van der Waals surface area contributed by atoms with Gasteiger partial charge in [0.15, 0.2) is 0 Å². The number of nitrogens with zero attached hydrogens (tertiary/aromatic N) is 2. The summed E-state index contributed by atoms with van der Waals surface area (Å²) in [6, 6.07) is 19.1. The minimum absolute atomic E-state index is 0.863. The average Bonchev–Trinajstić information content (AvgIpc) is 2.84. The van der Waals surface area contributed by atoms with Gasteiger partial charge in [0.05, 0.1) is 19.2 Å². The monoisotopic (exact) mass is 345 g/mol. The summed E-state index contributed by atoms with van der Waals surface area (Å²) in [7, 11) is 0. The van der Waals surface area contributed by atoms with Gasteiger partial charge in [-0.15, -0.1) is 0 Å². The molecule has 0 radical (unpaired) electrons. The van der Waals surface area contributed by atoms with E-state index >= 15 is 0 Å². The van der Waals surface area contributed by atoms with Gasteiger partial charge in [0.2, 0.25) is 0 Å². The third-order valence-corrected chi connectivity index (χ3v) is 4.86. The van der Waals surface area contributed by atoms with Crippen LogP contribution in [0.25, 0.3) is 10.9 Å². The molecular weight excluding hydrogens is 320 g/mol. The van der Waals surface area contributed by atoms with E-state index in [1.807, 2.05) is 6.21 Å². The van der Waals surface area contributed by atoms with Crippen molar-refractivity contribution < 1.29 is 4.99 Å². The fourth-order valence-electron chi connectivity index (χ4n) is 3.50. The van der Waals surface area contributed by atoms with Crippen LogP contribution in [0.15, 0.2) is 65.9 Å². The molecule has 26 heavy (non-hydrogen) atoms. The van der Waals surface area contributed by atoms with Crippen molar-refractivity contribution in [3.05, 3.63) is 71.9 Å². The number of rotatable bonds is 4. The van der Waals surface area contributed by atoms with Crippen LogP contribution < -0.4 is 10.4 Å². The average molecular weight is 345 g/mol. The number of fused-ring (bicyclic) bond motifs is 1. The Morgan fingerprint density at radius 3 is 2.77 bits per heavy atom. The van der Waals surface area contributed by atoms with Crippen molar-refractivity contribution in [2.75, 3.05) is 6.54 Å². The first-order chi connectivity index (χ1) is 12.9. The first-order valence-corrected chi connectivity index (χ1v) is 9.41. The van der Waals surface area contributed by atoms with E-state index < -0.39 is 0 Å². The largest absolute Gasteiger partial charge is 0.342 e. The van der Waals surface area contributed by atoms with Crippen LogP contribution in [0.4, 0.5) is 0 Å². The van der Waals surface area contributed by atoms with Crippen molar-refractivity contribution in [2.24, 2.45) is 5.10 Å². The predicted octanol–water partition coefficient (Wildman–Crippen LogP) is 2.67. The van der Waals surface area contributed by atoms with E-state index in [0.29, 0.717) is 0 Å². The first-order valence-electron chi connectivity index (χ1n) is 9.41. The third kappa shape index (κ3) is 3.85. The number of nitrogens with one attached hydrogen (secondary N) is 2. The van der Waals surface area contributed by atoms with Crippen LogP contribution in [-0.2, 0) is 6.54 Å². The Balaban J connectivity index is 1.57. The Bertz CT molecular complexity index is 922. The van der Waals surface area contributed by atoms with Gasteiger partial charge in [-0.25, -0.2) is 0 Å². The zero-order valence-corrected chi connectivity index (χ0v) is 15.0. The summed E-state index contributed by atoms with van der Waals surface area (Å²) in [6.07, 6.45) is 8.92. The normalized spacial score (nSPS) is 15.2. The Hall–Kier alpha value is -2.88. The van der Waals surface area contributed by atoms with E-state index in [9.17, 15) is 0 Å². The second-order valence-corrected chi connectivity index (χ2v) is 6.80. The minimum atomic E-state index is 0.863. The van der Waals surface area contributed by atoms with Gasteiger partial charge < -0.3 is 4.57 Å². The van der Waals surface area contributed by atoms with Gasteiger partial charge in [0, 0.05) is 29.2 Å². The highest BCUT2D eigenvalue weighted by molar-refractivity contribution is 5.99. The quantitative estimate of drug-likeness (QED) is 0.554. The molecule has 132 valence electrons. The topological polar surface area (TPSA) is 43.3 Å². The standard InChI is InChI=1S/C22H24N4/c1-3-9-18(10-4-1)16-26-17-19(20-11-6-7-12-21(20)26)15-24-25-22-13-5-2-8-14-23-22/h1,3-4,6-7,9-12,15,17H,2,5,8,13-14,16H2,(H,23,25)/p+1/b24-15+. The molecule has 0 atom stereocenters. The van der Waals surface area contributed by atoms with Gasteiger partial charge in [-0.3, -0.25) is 4.99 Å². The molecule has 4 rings (SSSR count). The molecule has 3 aromatic rings. The molecule has 2 heterocycles. The Labute approximate surface area is 154 Å². The van der Waals surface area contributed by atoms with Gasteiger partial charge in [0.1, 0.15) is 0 Å². The maximum absolute atomic E-state index is 4.49. The summed E-state index contributed by atoms with van der Waals surface area (Å²) in [5, 5.41) is 5.72. The Morgan fingerprint density at radius 1 is 1.00 bits per heavy atom. The number of hydrazone groups is 1. The minimum Gasteiger partial charge on any atom is -0.342 e. The van der Waals surface area contributed by atoms with Crippen LogP contribution >= 0.6 is 0 Å². The summed E-state index contributed by atoms with van der Waals surface area (Å²) in [5.41, 5.74) is 6.87. The number of hydrogen-bond donors (Lipinski definition) is 2. The van der Waals surface area contributed by atoms with Crippen molar-refractivity contribution >= 4 is 23.0 Å². The fourth-order valence-corrected chi connectivity index (χ4v) is 3.50. The second kappa shape index (κ2) is 8.00. The summed E-state index contributed by atoms with van der Waals surface area (Å²) in [5.74, 6) is 1.13. The zero-order chi connectivity index (χ0) is 17.6. The van der Waals surface area contributed by atoms with Crippen LogP contribution in [0.2, 0.25) is 0 Å². The molecule has 4 heteroatoms. The smallest absolute Gasteiger partial charge is 0.267 e. The van der Waals surface area contributed by atoms with Crippen LogP contribution in [-0.4, -0.2) is 23.2 Å². The molecule has 0 spiro atoms. The molecule has 0 saturated heterocycles. The van der Waals surface area contributed by atoms with E-state index in [2.05, 4.69) is 80.9 Å². The maximum Gasteiger partial charge on any atom is 0.267 e. The summed E-state index contributed by atoms with van der Waals surface area (Å²) in [4.78, 5) is 3.43. The second-order valence-electron chi connectivity index (χ2n) is 6.80. The molecule has 1 aliphatic rings. The highest BCUT2D eigenvalue weighted by Crippen LogP contribution is 2.21. The SMILES string of the molecule is C(=N\NC1=[NH+]CCCCC1)/c1cn(Cc2ccccc2)c2ccccc12. The van der Waals surface area contributed by atoms with Crippen LogP contribution in [0, 0.1) is 0 Å². The van der Waals surface area contributed by atoms with Gasteiger partial charge in [-0.2, -0.15) is 5.43 Å². The third-order valence-electron chi connectivity index (χ3n) is 4.86. The lowest BCUT2D eigenvalue weighted by Gasteiger charge is -2.05. The molecule has 0 bridgehead atoms. The number of aromatic nitrogens is 1. The Kier molecular flexibility index (Phi) is 5.10. The van der Waals surface area contributed by atoms with Crippen molar-refractivity contribution in [3.63, 3.8) is 0 Å². The molecule has 0 unspecified atom stereocenters. The number of amidine groups is 1. The maximum atomic E-state index is 4.49. The number of hydrogen-bond acceptors (Lipinski definition) is 2. The van der Waals surface area contributed by atoms with Crippen LogP contribution in [0.5, 0.6) is 0 Å². The lowest BCUT2D eigenvalue weighted by Crippen LogP contribution is -2.75. The first kappa shape index (κ1) is 16.6. The molecule has 2 N–H and O–H groups in total. The highest BCUT2D eigenvalue weighted by Gasteiger charge is 2.10. The van der Waals surface area contributed by atoms with E-state index in [1.54, 1.807) is 0 Å². The Morgan fingerprint density at radius 2 is 1.85 bits per heavy atom. The molecular formula is C22H25N4+. The molecule has 0 fully saturated rings. The molecule has 1 aromatic heterocycles. The van der Waals surface area contributed by atoms with Crippen molar-refractivity contribution in [2.45, 2.75) is 32.2 Å². The summed E-state index contributed by atoms with van der Waals surface area (Å²) >= 11 is 0. The van der Waals surface area contributed by atoms with Crippen molar-refractivity contribution in [1.29, 1.82) is 0 Å². The summed E-state index contributed by atoms with van der Waals surface area (Å²) in [6.45, 7) is 1.90. The molecule has 0 amide bonds. The molecule has 0 aliphatic carbocycles.